The van der Waals surface area contributed by atoms with E-state index >= 15 is 0 Å². The van der Waals surface area contributed by atoms with Crippen molar-refractivity contribution in [1.82, 2.24) is 5.32 Å². The third kappa shape index (κ3) is 7.48. The molecule has 1 atom stereocenters. The Hall–Kier alpha value is -2.63. The minimum absolute atomic E-state index is 0.244. The summed E-state index contributed by atoms with van der Waals surface area (Å²) in [7, 11) is -5.04. The van der Waals surface area contributed by atoms with Crippen LogP contribution in [-0.2, 0) is 19.8 Å². The van der Waals surface area contributed by atoms with Gasteiger partial charge in [0.2, 0.25) is 10.0 Å². The molecule has 1 heterocycles. The van der Waals surface area contributed by atoms with E-state index in [1.165, 1.54) is 26.3 Å². The summed E-state index contributed by atoms with van der Waals surface area (Å²) in [6.45, 7) is 3.24. The molecule has 2 aliphatic rings. The van der Waals surface area contributed by atoms with Crippen molar-refractivity contribution in [2.45, 2.75) is 43.4 Å². The first-order valence-corrected chi connectivity index (χ1v) is 16.8. The summed E-state index contributed by atoms with van der Waals surface area (Å²) in [5, 5.41) is 6.14. The van der Waals surface area contributed by atoms with Gasteiger partial charge in [-0.1, -0.05) is 32.1 Å². The minimum Gasteiger partial charge on any atom is -0.369 e. The molecule has 3 N–H and O–H groups in total. The molecular weight excluding hydrogens is 522 g/mol. The smallest absolute Gasteiger partial charge is 0.257 e. The first-order valence-electron chi connectivity index (χ1n) is 13.3. The number of carbonyl (C=O) groups is 1. The number of sulfonamides is 1. The third-order valence-corrected chi connectivity index (χ3v) is 10.4. The number of unbranched alkanes of at least 4 members (excludes halogenated alkanes) is 2. The summed E-state index contributed by atoms with van der Waals surface area (Å²) in [5.41, 5.74) is 1.87. The molecule has 0 aromatic heterocycles. The highest BCUT2D eigenvalue weighted by molar-refractivity contribution is 7.92. The van der Waals surface area contributed by atoms with Gasteiger partial charge in [-0.15, -0.1) is 0 Å². The molecule has 1 saturated heterocycles. The summed E-state index contributed by atoms with van der Waals surface area (Å²) in [6.07, 6.45) is 7.93. The Kier molecular flexibility index (Phi) is 9.00. The zero-order chi connectivity index (χ0) is 27.3. The van der Waals surface area contributed by atoms with Crippen LogP contribution in [0.2, 0.25) is 0 Å². The van der Waals surface area contributed by atoms with Gasteiger partial charge in [-0.2, -0.15) is 0 Å². The van der Waals surface area contributed by atoms with Gasteiger partial charge in [-0.25, -0.2) is 17.4 Å². The molecule has 1 unspecified atom stereocenters. The number of anilines is 3. The quantitative estimate of drug-likeness (QED) is 0.335. The molecular formula is C27H39N5O4S2. The summed E-state index contributed by atoms with van der Waals surface area (Å²) in [5.74, 6) is 0.789. The Morgan fingerprint density at radius 2 is 1.74 bits per heavy atom. The number of nitrogens with one attached hydrogen (secondary N) is 3. The van der Waals surface area contributed by atoms with Crippen LogP contribution in [0, 0.1) is 10.7 Å². The molecule has 0 radical (unpaired) electrons. The summed E-state index contributed by atoms with van der Waals surface area (Å²) >= 11 is 0. The first kappa shape index (κ1) is 28.4. The zero-order valence-electron chi connectivity index (χ0n) is 22.2. The van der Waals surface area contributed by atoms with Crippen LogP contribution in [0.5, 0.6) is 0 Å². The molecule has 0 spiro atoms. The van der Waals surface area contributed by atoms with Crippen LogP contribution in [0.15, 0.2) is 47.4 Å². The predicted octanol–water partition coefficient (Wildman–Crippen LogP) is 4.12. The van der Waals surface area contributed by atoms with E-state index in [1.54, 1.807) is 36.4 Å². The number of amides is 1. The number of rotatable bonds is 12. The van der Waals surface area contributed by atoms with E-state index in [-0.39, 0.29) is 11.3 Å². The largest absolute Gasteiger partial charge is 0.369 e. The highest BCUT2D eigenvalue weighted by Gasteiger charge is 2.23. The van der Waals surface area contributed by atoms with Crippen molar-refractivity contribution >= 4 is 42.7 Å². The van der Waals surface area contributed by atoms with Crippen LogP contribution >= 0.6 is 0 Å². The maximum atomic E-state index is 13.4. The Morgan fingerprint density at radius 1 is 1.05 bits per heavy atom. The van der Waals surface area contributed by atoms with Gasteiger partial charge in [0, 0.05) is 55.2 Å². The maximum Gasteiger partial charge on any atom is 0.257 e. The normalized spacial score (nSPS) is 17.6. The fourth-order valence-corrected chi connectivity index (χ4v) is 6.61. The molecule has 1 aliphatic carbocycles. The molecule has 0 bridgehead atoms. The monoisotopic (exact) mass is 561 g/mol. The van der Waals surface area contributed by atoms with E-state index in [4.69, 9.17) is 4.78 Å². The topological polar surface area (TPSA) is 123 Å². The highest BCUT2D eigenvalue weighted by Crippen LogP contribution is 2.34. The number of nitrogens with zero attached hydrogens (tertiary/aromatic N) is 2. The van der Waals surface area contributed by atoms with Crippen LogP contribution in [-0.4, -0.2) is 63.8 Å². The molecule has 11 heteroatoms. The summed E-state index contributed by atoms with van der Waals surface area (Å²) in [4.78, 5) is 16.0. The van der Waals surface area contributed by atoms with Crippen molar-refractivity contribution < 1.29 is 17.4 Å². The van der Waals surface area contributed by atoms with Crippen molar-refractivity contribution in [2.75, 3.05) is 59.8 Å². The fraction of sp³-hybridized carbons (Fsp3) is 0.519. The average molecular weight is 562 g/mol. The minimum atomic E-state index is -3.58. The molecule has 2 aromatic carbocycles. The molecule has 9 nitrogen and oxygen atoms in total. The van der Waals surface area contributed by atoms with E-state index in [9.17, 15) is 17.4 Å². The van der Waals surface area contributed by atoms with Gasteiger partial charge in [0.15, 0.2) is 0 Å². The van der Waals surface area contributed by atoms with Crippen LogP contribution in [0.1, 0.15) is 48.9 Å². The van der Waals surface area contributed by atoms with E-state index in [1.807, 2.05) is 6.07 Å². The van der Waals surface area contributed by atoms with E-state index in [0.29, 0.717) is 16.3 Å². The number of piperazine rings is 1. The number of carbonyl (C=O) groups excluding carboxylic acids is 1. The zero-order valence-corrected chi connectivity index (χ0v) is 23.9. The molecule has 2 aromatic rings. The Bertz CT molecular complexity index is 1330. The van der Waals surface area contributed by atoms with Crippen molar-refractivity contribution in [3.63, 3.8) is 0 Å². The summed E-state index contributed by atoms with van der Waals surface area (Å²) in [6, 6.07) is 11.8. The standard InChI is InChI=1S/C27H39N5O4S2/c1-31(37(2,34)35)26-14-11-23(32-17-15-29-16-18-32)20-25(26)27(33)30-22-9-12-24(13-10-22)38(28,36)19-5-3-4-6-21-7-8-21/h9-14,20-21,28-29H,3-8,15-19H2,1-2H3,(H,30,33). The lowest BCUT2D eigenvalue weighted by Gasteiger charge is -2.30. The van der Waals surface area contributed by atoms with E-state index < -0.39 is 25.7 Å². The molecule has 1 saturated carbocycles. The number of benzene rings is 2. The second kappa shape index (κ2) is 12.0. The van der Waals surface area contributed by atoms with Gasteiger partial charge in [0.1, 0.15) is 0 Å². The Labute approximate surface area is 227 Å². The van der Waals surface area contributed by atoms with Crippen LogP contribution < -0.4 is 19.8 Å². The SMILES string of the molecule is CN(c1ccc(N2CCNCC2)cc1C(=O)Nc1ccc(S(=N)(=O)CCCCCC2CC2)cc1)S(C)(=O)=O. The van der Waals surface area contributed by atoms with Gasteiger partial charge in [-0.05, 0) is 54.8 Å². The van der Waals surface area contributed by atoms with Gasteiger partial charge in [0.05, 0.1) is 27.2 Å². The van der Waals surface area contributed by atoms with Gasteiger partial charge < -0.3 is 15.5 Å². The second-order valence-electron chi connectivity index (χ2n) is 10.3. The molecule has 1 amide bonds. The fourth-order valence-electron chi connectivity index (χ4n) is 4.67. The predicted molar refractivity (Wildman–Crippen MR) is 154 cm³/mol. The van der Waals surface area contributed by atoms with Gasteiger partial charge in [-0.3, -0.25) is 9.10 Å². The average Bonchev–Trinajstić information content (AvgIpc) is 3.72. The number of hydrogen-bond donors (Lipinski definition) is 3. The lowest BCUT2D eigenvalue weighted by atomic mass is 10.1. The number of hydrogen-bond acceptors (Lipinski definition) is 7. The molecule has 38 heavy (non-hydrogen) atoms. The maximum absolute atomic E-state index is 13.4. The molecule has 2 fully saturated rings. The van der Waals surface area contributed by atoms with Crippen molar-refractivity contribution in [2.24, 2.45) is 5.92 Å². The highest BCUT2D eigenvalue weighted by atomic mass is 32.2. The van der Waals surface area contributed by atoms with Gasteiger partial charge in [0.25, 0.3) is 5.91 Å². The lowest BCUT2D eigenvalue weighted by Crippen LogP contribution is -2.43. The van der Waals surface area contributed by atoms with Crippen molar-refractivity contribution in [3.05, 3.63) is 48.0 Å². The Balaban J connectivity index is 1.46. The Morgan fingerprint density at radius 3 is 2.37 bits per heavy atom. The summed E-state index contributed by atoms with van der Waals surface area (Å²) < 4.78 is 46.9. The first-order chi connectivity index (χ1) is 18.0. The lowest BCUT2D eigenvalue weighted by molar-refractivity contribution is 0.102. The van der Waals surface area contributed by atoms with Crippen molar-refractivity contribution in [3.8, 4) is 0 Å². The molecule has 208 valence electrons. The van der Waals surface area contributed by atoms with Crippen molar-refractivity contribution in [1.29, 1.82) is 4.78 Å². The molecule has 1 aliphatic heterocycles. The van der Waals surface area contributed by atoms with E-state index in [0.717, 1.165) is 67.6 Å². The molecule has 4 rings (SSSR count). The second-order valence-corrected chi connectivity index (χ2v) is 14.6. The van der Waals surface area contributed by atoms with Crippen LogP contribution in [0.25, 0.3) is 0 Å². The van der Waals surface area contributed by atoms with Crippen LogP contribution in [0.4, 0.5) is 17.1 Å². The van der Waals surface area contributed by atoms with Gasteiger partial charge >= 0.3 is 0 Å². The van der Waals surface area contributed by atoms with Crippen LogP contribution in [0.3, 0.4) is 0 Å². The third-order valence-electron chi connectivity index (χ3n) is 7.28. The van der Waals surface area contributed by atoms with E-state index in [2.05, 4.69) is 15.5 Å².